The van der Waals surface area contributed by atoms with Gasteiger partial charge in [-0.05, 0) is 122 Å². The Balaban J connectivity index is 0.942. The Morgan fingerprint density at radius 2 is 0.703 bits per heavy atom. The molecule has 1 heterocycles. The fraction of sp³-hybridized carbons (Fsp3) is 0. The topological polar surface area (TPSA) is 8.17 Å². The SMILES string of the molecule is c1cc(-c2ccc(N(c3ccc(-c4ccc5ccccc5c4)cc3)c3ccccc3-c3ccc4ccccc4c3)cc2)cc(-c2ccccc2-n2c3ccccc3c3ccccc32)c1. The number of hydrogen-bond acceptors (Lipinski definition) is 1. The van der Waals surface area contributed by atoms with Gasteiger partial charge in [0.15, 0.2) is 0 Å². The van der Waals surface area contributed by atoms with Crippen molar-refractivity contribution >= 4 is 60.4 Å². The van der Waals surface area contributed by atoms with Crippen LogP contribution in [0.25, 0.3) is 93.5 Å². The number of para-hydroxylation sites is 4. The highest BCUT2D eigenvalue weighted by Crippen LogP contribution is 2.43. The lowest BCUT2D eigenvalue weighted by Crippen LogP contribution is -2.11. The van der Waals surface area contributed by atoms with Gasteiger partial charge in [0.1, 0.15) is 0 Å². The van der Waals surface area contributed by atoms with E-state index in [1.54, 1.807) is 0 Å². The summed E-state index contributed by atoms with van der Waals surface area (Å²) in [5.41, 5.74) is 16.3. The van der Waals surface area contributed by atoms with Gasteiger partial charge in [0.2, 0.25) is 0 Å². The molecular formula is C62H42N2. The van der Waals surface area contributed by atoms with E-state index in [4.69, 9.17) is 0 Å². The number of hydrogen-bond donors (Lipinski definition) is 0. The first kappa shape index (κ1) is 37.3. The summed E-state index contributed by atoms with van der Waals surface area (Å²) < 4.78 is 2.42. The molecule has 0 unspecified atom stereocenters. The average molecular weight is 815 g/mol. The molecule has 2 heteroatoms. The van der Waals surface area contributed by atoms with E-state index >= 15 is 0 Å². The molecule has 2 nitrogen and oxygen atoms in total. The van der Waals surface area contributed by atoms with Crippen LogP contribution in [0.2, 0.25) is 0 Å². The van der Waals surface area contributed by atoms with Crippen LogP contribution in [0.5, 0.6) is 0 Å². The van der Waals surface area contributed by atoms with E-state index in [1.807, 2.05) is 0 Å². The smallest absolute Gasteiger partial charge is 0.0541 e. The lowest BCUT2D eigenvalue weighted by Gasteiger charge is -2.28. The van der Waals surface area contributed by atoms with E-state index in [9.17, 15) is 0 Å². The molecule has 12 rings (SSSR count). The third-order valence-electron chi connectivity index (χ3n) is 12.8. The summed E-state index contributed by atoms with van der Waals surface area (Å²) in [6.07, 6.45) is 0. The summed E-state index contributed by atoms with van der Waals surface area (Å²) in [5.74, 6) is 0. The Labute approximate surface area is 373 Å². The van der Waals surface area contributed by atoms with E-state index in [2.05, 4.69) is 264 Å². The van der Waals surface area contributed by atoms with Crippen LogP contribution in [-0.2, 0) is 0 Å². The minimum Gasteiger partial charge on any atom is -0.310 e. The lowest BCUT2D eigenvalue weighted by atomic mass is 9.97. The molecule has 0 radical (unpaired) electrons. The Morgan fingerprint density at radius 1 is 0.266 bits per heavy atom. The minimum absolute atomic E-state index is 1.09. The van der Waals surface area contributed by atoms with Crippen molar-refractivity contribution in [3.63, 3.8) is 0 Å². The second kappa shape index (κ2) is 15.8. The molecule has 64 heavy (non-hydrogen) atoms. The summed E-state index contributed by atoms with van der Waals surface area (Å²) in [6, 6.07) is 92.7. The highest BCUT2D eigenvalue weighted by molar-refractivity contribution is 6.09. The predicted octanol–water partition coefficient (Wildman–Crippen LogP) is 17.2. The maximum Gasteiger partial charge on any atom is 0.0541 e. The van der Waals surface area contributed by atoms with Crippen molar-refractivity contribution in [1.82, 2.24) is 4.57 Å². The van der Waals surface area contributed by atoms with Crippen molar-refractivity contribution in [3.8, 4) is 50.2 Å². The van der Waals surface area contributed by atoms with Crippen molar-refractivity contribution in [3.05, 3.63) is 255 Å². The van der Waals surface area contributed by atoms with Crippen molar-refractivity contribution in [2.75, 3.05) is 4.90 Å². The van der Waals surface area contributed by atoms with Gasteiger partial charge < -0.3 is 9.47 Å². The number of fused-ring (bicyclic) bond motifs is 5. The van der Waals surface area contributed by atoms with Gasteiger partial charge in [0.25, 0.3) is 0 Å². The fourth-order valence-electron chi connectivity index (χ4n) is 9.63. The Kier molecular flexibility index (Phi) is 9.20. The number of aromatic nitrogens is 1. The molecule has 0 spiro atoms. The Bertz CT molecular complexity index is 3620. The van der Waals surface area contributed by atoms with Crippen molar-refractivity contribution < 1.29 is 0 Å². The third-order valence-corrected chi connectivity index (χ3v) is 12.8. The normalized spacial score (nSPS) is 11.4. The standard InChI is InChI=1S/C62H42N2/c1-3-16-47-40-50(30-28-43(47)14-1)46-34-38-54(39-35-46)63(59-24-9-5-21-56(59)52-31-29-44-15-2-4-17-48(44)42-52)53-36-32-45(33-37-53)49-18-13-19-51(41-49)55-20-6-10-25-60(55)64-61-26-11-7-22-57(61)58-23-8-12-27-62(58)64/h1-42H. The molecule has 1 aromatic heterocycles. The van der Waals surface area contributed by atoms with E-state index < -0.39 is 0 Å². The second-order valence-corrected chi connectivity index (χ2v) is 16.5. The summed E-state index contributed by atoms with van der Waals surface area (Å²) in [5, 5.41) is 7.48. The molecule has 0 aliphatic rings. The predicted molar refractivity (Wildman–Crippen MR) is 272 cm³/mol. The molecule has 0 aliphatic heterocycles. The van der Waals surface area contributed by atoms with E-state index in [0.29, 0.717) is 0 Å². The first-order valence-corrected chi connectivity index (χ1v) is 22.0. The molecule has 0 aliphatic carbocycles. The molecular weight excluding hydrogens is 773 g/mol. The highest BCUT2D eigenvalue weighted by atomic mass is 15.1. The molecule has 12 aromatic rings. The maximum atomic E-state index is 2.42. The molecule has 0 saturated heterocycles. The van der Waals surface area contributed by atoms with E-state index in [1.165, 1.54) is 88.0 Å². The van der Waals surface area contributed by atoms with Crippen LogP contribution in [0, 0.1) is 0 Å². The van der Waals surface area contributed by atoms with Gasteiger partial charge >= 0.3 is 0 Å². The molecule has 11 aromatic carbocycles. The quantitative estimate of drug-likeness (QED) is 0.148. The molecule has 0 amide bonds. The van der Waals surface area contributed by atoms with Crippen LogP contribution < -0.4 is 4.90 Å². The van der Waals surface area contributed by atoms with E-state index in [-0.39, 0.29) is 0 Å². The van der Waals surface area contributed by atoms with Crippen LogP contribution in [0.4, 0.5) is 17.1 Å². The number of benzene rings is 11. The highest BCUT2D eigenvalue weighted by Gasteiger charge is 2.19. The molecule has 300 valence electrons. The van der Waals surface area contributed by atoms with Gasteiger partial charge in [-0.15, -0.1) is 0 Å². The molecule has 0 saturated carbocycles. The van der Waals surface area contributed by atoms with Gasteiger partial charge in [-0.3, -0.25) is 0 Å². The first-order chi connectivity index (χ1) is 31.7. The number of anilines is 3. The fourth-order valence-corrected chi connectivity index (χ4v) is 9.63. The summed E-state index contributed by atoms with van der Waals surface area (Å²) in [4.78, 5) is 2.40. The van der Waals surface area contributed by atoms with Crippen LogP contribution in [0.1, 0.15) is 0 Å². The zero-order valence-electron chi connectivity index (χ0n) is 35.1. The summed E-state index contributed by atoms with van der Waals surface area (Å²) in [6.45, 7) is 0. The van der Waals surface area contributed by atoms with Crippen molar-refractivity contribution in [1.29, 1.82) is 0 Å². The van der Waals surface area contributed by atoms with E-state index in [0.717, 1.165) is 22.6 Å². The number of nitrogens with zero attached hydrogens (tertiary/aromatic N) is 2. The average Bonchev–Trinajstić information content (AvgIpc) is 3.71. The largest absolute Gasteiger partial charge is 0.310 e. The van der Waals surface area contributed by atoms with Crippen molar-refractivity contribution in [2.24, 2.45) is 0 Å². The Hall–Kier alpha value is -8.46. The van der Waals surface area contributed by atoms with Crippen LogP contribution in [0.3, 0.4) is 0 Å². The zero-order chi connectivity index (χ0) is 42.4. The van der Waals surface area contributed by atoms with Gasteiger partial charge in [-0.2, -0.15) is 0 Å². The number of rotatable bonds is 8. The first-order valence-electron chi connectivity index (χ1n) is 22.0. The molecule has 0 bridgehead atoms. The maximum absolute atomic E-state index is 2.42. The summed E-state index contributed by atoms with van der Waals surface area (Å²) >= 11 is 0. The van der Waals surface area contributed by atoms with Gasteiger partial charge in [-0.25, -0.2) is 0 Å². The monoisotopic (exact) mass is 814 g/mol. The molecule has 0 atom stereocenters. The van der Waals surface area contributed by atoms with Crippen LogP contribution >= 0.6 is 0 Å². The second-order valence-electron chi connectivity index (χ2n) is 16.5. The zero-order valence-corrected chi connectivity index (χ0v) is 35.1. The third kappa shape index (κ3) is 6.61. The van der Waals surface area contributed by atoms with Crippen LogP contribution in [0.15, 0.2) is 255 Å². The Morgan fingerprint density at radius 3 is 1.34 bits per heavy atom. The van der Waals surface area contributed by atoms with Gasteiger partial charge in [-0.1, -0.05) is 188 Å². The minimum atomic E-state index is 1.09. The van der Waals surface area contributed by atoms with Gasteiger partial charge in [0, 0.05) is 33.3 Å². The lowest BCUT2D eigenvalue weighted by molar-refractivity contribution is 1.18. The van der Waals surface area contributed by atoms with Gasteiger partial charge in [0.05, 0.1) is 22.4 Å². The van der Waals surface area contributed by atoms with Crippen molar-refractivity contribution in [2.45, 2.75) is 0 Å². The summed E-state index contributed by atoms with van der Waals surface area (Å²) in [7, 11) is 0. The molecule has 0 fully saturated rings. The molecule has 0 N–H and O–H groups in total. The van der Waals surface area contributed by atoms with Crippen LogP contribution in [-0.4, -0.2) is 4.57 Å².